The second-order valence-corrected chi connectivity index (χ2v) is 3.71. The summed E-state index contributed by atoms with van der Waals surface area (Å²) in [5, 5.41) is 0. The molecule has 0 aliphatic heterocycles. The second-order valence-electron chi connectivity index (χ2n) is 2.86. The Balaban J connectivity index is 2.64. The van der Waals surface area contributed by atoms with E-state index in [1.807, 2.05) is 18.2 Å². The van der Waals surface area contributed by atoms with Gasteiger partial charge in [0.1, 0.15) is 0 Å². The van der Waals surface area contributed by atoms with Crippen LogP contribution in [-0.2, 0) is 0 Å². The molecule has 0 unspecified atom stereocenters. The lowest BCUT2D eigenvalue weighted by molar-refractivity contribution is 0.309. The Kier molecular flexibility index (Phi) is 4.09. The number of halogens is 1. The lowest BCUT2D eigenvalue weighted by Gasteiger charge is -2.09. The summed E-state index contributed by atoms with van der Waals surface area (Å²) in [5.41, 5.74) is 6.43. The molecule has 0 atom stereocenters. The Labute approximate surface area is 87.2 Å². The number of rotatable bonds is 4. The molecule has 0 fully saturated rings. The van der Waals surface area contributed by atoms with Gasteiger partial charge >= 0.3 is 0 Å². The van der Waals surface area contributed by atoms with Crippen LogP contribution in [-0.4, -0.2) is 6.61 Å². The van der Waals surface area contributed by atoms with Crippen LogP contribution in [0.1, 0.15) is 19.8 Å². The van der Waals surface area contributed by atoms with Gasteiger partial charge in [-0.05, 0) is 34.5 Å². The third-order valence-corrected chi connectivity index (χ3v) is 2.37. The molecule has 0 saturated heterocycles. The van der Waals surface area contributed by atoms with Gasteiger partial charge in [-0.3, -0.25) is 0 Å². The molecule has 13 heavy (non-hydrogen) atoms. The summed E-state index contributed by atoms with van der Waals surface area (Å²) in [4.78, 5) is 0. The van der Waals surface area contributed by atoms with Gasteiger partial charge in [-0.25, -0.2) is 0 Å². The van der Waals surface area contributed by atoms with E-state index in [0.717, 1.165) is 29.7 Å². The van der Waals surface area contributed by atoms with Crippen molar-refractivity contribution < 1.29 is 4.74 Å². The molecule has 0 saturated carbocycles. The zero-order valence-corrected chi connectivity index (χ0v) is 9.30. The summed E-state index contributed by atoms with van der Waals surface area (Å²) >= 11 is 3.39. The van der Waals surface area contributed by atoms with Crippen molar-refractivity contribution in [2.45, 2.75) is 19.8 Å². The quantitative estimate of drug-likeness (QED) is 0.652. The van der Waals surface area contributed by atoms with Crippen LogP contribution < -0.4 is 10.5 Å². The normalized spacial score (nSPS) is 10.0. The summed E-state index contributed by atoms with van der Waals surface area (Å²) in [6, 6.07) is 5.66. The highest BCUT2D eigenvalue weighted by Crippen LogP contribution is 2.30. The molecule has 1 rings (SSSR count). The van der Waals surface area contributed by atoms with Crippen LogP contribution in [0.2, 0.25) is 0 Å². The van der Waals surface area contributed by atoms with Crippen molar-refractivity contribution in [1.82, 2.24) is 0 Å². The molecule has 0 aromatic heterocycles. The first-order chi connectivity index (χ1) is 6.25. The number of hydrogen-bond acceptors (Lipinski definition) is 2. The van der Waals surface area contributed by atoms with E-state index in [-0.39, 0.29) is 0 Å². The predicted octanol–water partition coefficient (Wildman–Crippen LogP) is 3.21. The fraction of sp³-hybridized carbons (Fsp3) is 0.400. The minimum atomic E-state index is 0.686. The van der Waals surface area contributed by atoms with Gasteiger partial charge in [-0.15, -0.1) is 0 Å². The van der Waals surface area contributed by atoms with Gasteiger partial charge in [0.25, 0.3) is 0 Å². The minimum Gasteiger partial charge on any atom is -0.490 e. The average Bonchev–Trinajstić information content (AvgIpc) is 2.10. The summed E-state index contributed by atoms with van der Waals surface area (Å²) in [5.74, 6) is 0.760. The Bertz CT molecular complexity index is 255. The Morgan fingerprint density at radius 1 is 1.46 bits per heavy atom. The first-order valence-electron chi connectivity index (χ1n) is 4.42. The molecule has 0 heterocycles. The Morgan fingerprint density at radius 3 is 2.85 bits per heavy atom. The van der Waals surface area contributed by atoms with Crippen LogP contribution in [0.4, 0.5) is 5.69 Å². The van der Waals surface area contributed by atoms with Gasteiger partial charge in [0, 0.05) is 0 Å². The Hall–Kier alpha value is -0.700. The lowest BCUT2D eigenvalue weighted by atomic mass is 10.3. The number of unbranched alkanes of at least 4 members (excludes halogenated alkanes) is 1. The maximum Gasteiger partial charge on any atom is 0.156 e. The van der Waals surface area contributed by atoms with Crippen LogP contribution in [0, 0.1) is 0 Å². The maximum atomic E-state index is 5.75. The van der Waals surface area contributed by atoms with Gasteiger partial charge in [0.05, 0.1) is 16.8 Å². The highest BCUT2D eigenvalue weighted by Gasteiger charge is 2.03. The number of anilines is 1. The minimum absolute atomic E-state index is 0.686. The van der Waals surface area contributed by atoms with Crippen LogP contribution in [0.25, 0.3) is 0 Å². The zero-order chi connectivity index (χ0) is 9.68. The van der Waals surface area contributed by atoms with Gasteiger partial charge in [0.2, 0.25) is 0 Å². The molecule has 0 radical (unpaired) electrons. The molecule has 1 aromatic carbocycles. The number of nitrogen functional groups attached to an aromatic ring is 1. The summed E-state index contributed by atoms with van der Waals surface area (Å²) < 4.78 is 6.46. The standard InChI is InChI=1S/C10H14BrNO/c1-2-3-7-13-10-8(11)5-4-6-9(10)12/h4-6H,2-3,7,12H2,1H3. The molecule has 0 amide bonds. The van der Waals surface area contributed by atoms with Crippen molar-refractivity contribution in [2.24, 2.45) is 0 Å². The van der Waals surface area contributed by atoms with Crippen molar-refractivity contribution in [3.8, 4) is 5.75 Å². The molecular weight excluding hydrogens is 230 g/mol. The molecule has 72 valence electrons. The number of benzene rings is 1. The fourth-order valence-electron chi connectivity index (χ4n) is 0.996. The largest absolute Gasteiger partial charge is 0.490 e. The van der Waals surface area contributed by atoms with E-state index in [1.54, 1.807) is 0 Å². The number of hydrogen-bond donors (Lipinski definition) is 1. The first kappa shape index (κ1) is 10.4. The van der Waals surface area contributed by atoms with Crippen LogP contribution in [0.5, 0.6) is 5.75 Å². The van der Waals surface area contributed by atoms with Crippen molar-refractivity contribution >= 4 is 21.6 Å². The van der Waals surface area contributed by atoms with E-state index in [9.17, 15) is 0 Å². The number of nitrogens with two attached hydrogens (primary N) is 1. The third-order valence-electron chi connectivity index (χ3n) is 1.74. The third kappa shape index (κ3) is 2.92. The number of ether oxygens (including phenoxy) is 1. The Morgan fingerprint density at radius 2 is 2.23 bits per heavy atom. The van der Waals surface area contributed by atoms with Gasteiger partial charge in [0.15, 0.2) is 5.75 Å². The van der Waals surface area contributed by atoms with Crippen molar-refractivity contribution in [2.75, 3.05) is 12.3 Å². The van der Waals surface area contributed by atoms with Crippen LogP contribution >= 0.6 is 15.9 Å². The molecule has 0 bridgehead atoms. The van der Waals surface area contributed by atoms with E-state index >= 15 is 0 Å². The molecule has 2 nitrogen and oxygen atoms in total. The molecule has 0 spiro atoms. The molecule has 0 aliphatic rings. The smallest absolute Gasteiger partial charge is 0.156 e. The summed E-state index contributed by atoms with van der Waals surface area (Å²) in [7, 11) is 0. The molecule has 0 aliphatic carbocycles. The van der Waals surface area contributed by atoms with E-state index in [0.29, 0.717) is 5.69 Å². The topological polar surface area (TPSA) is 35.2 Å². The van der Waals surface area contributed by atoms with E-state index < -0.39 is 0 Å². The fourth-order valence-corrected chi connectivity index (χ4v) is 1.49. The lowest BCUT2D eigenvalue weighted by Crippen LogP contribution is -2.00. The zero-order valence-electron chi connectivity index (χ0n) is 7.72. The van der Waals surface area contributed by atoms with Crippen molar-refractivity contribution in [3.63, 3.8) is 0 Å². The molecular formula is C10H14BrNO. The predicted molar refractivity (Wildman–Crippen MR) is 59.0 cm³/mol. The van der Waals surface area contributed by atoms with Crippen molar-refractivity contribution in [1.29, 1.82) is 0 Å². The first-order valence-corrected chi connectivity index (χ1v) is 5.21. The average molecular weight is 244 g/mol. The van der Waals surface area contributed by atoms with Crippen LogP contribution in [0.15, 0.2) is 22.7 Å². The summed E-state index contributed by atoms with van der Waals surface area (Å²) in [6.45, 7) is 2.86. The monoisotopic (exact) mass is 243 g/mol. The highest BCUT2D eigenvalue weighted by atomic mass is 79.9. The highest BCUT2D eigenvalue weighted by molar-refractivity contribution is 9.10. The molecule has 1 aromatic rings. The van der Waals surface area contributed by atoms with E-state index in [1.165, 1.54) is 0 Å². The van der Waals surface area contributed by atoms with Gasteiger partial charge in [-0.1, -0.05) is 19.4 Å². The van der Waals surface area contributed by atoms with E-state index in [4.69, 9.17) is 10.5 Å². The number of para-hydroxylation sites is 1. The van der Waals surface area contributed by atoms with Gasteiger partial charge < -0.3 is 10.5 Å². The van der Waals surface area contributed by atoms with Crippen molar-refractivity contribution in [3.05, 3.63) is 22.7 Å². The van der Waals surface area contributed by atoms with Gasteiger partial charge in [-0.2, -0.15) is 0 Å². The molecule has 2 N–H and O–H groups in total. The summed E-state index contributed by atoms with van der Waals surface area (Å²) in [6.07, 6.45) is 2.19. The van der Waals surface area contributed by atoms with E-state index in [2.05, 4.69) is 22.9 Å². The second kappa shape index (κ2) is 5.12. The molecule has 3 heteroatoms. The SMILES string of the molecule is CCCCOc1c(N)cccc1Br. The van der Waals surface area contributed by atoms with Crippen LogP contribution in [0.3, 0.4) is 0 Å². The maximum absolute atomic E-state index is 5.75.